The molecule has 2 N–H and O–H groups in total. The number of nitrogens with zero attached hydrogens (tertiary/aromatic N) is 1. The van der Waals surface area contributed by atoms with E-state index in [1.54, 1.807) is 6.92 Å². The molecular formula is C14H21FN2O2S. The highest BCUT2D eigenvalue weighted by molar-refractivity contribution is 7.89. The van der Waals surface area contributed by atoms with Gasteiger partial charge >= 0.3 is 0 Å². The van der Waals surface area contributed by atoms with Gasteiger partial charge in [-0.15, -0.1) is 0 Å². The number of hydrogen-bond acceptors (Lipinski definition) is 3. The lowest BCUT2D eigenvalue weighted by Crippen LogP contribution is -2.42. The Labute approximate surface area is 119 Å². The Bertz CT molecular complexity index is 569. The van der Waals surface area contributed by atoms with Crippen molar-refractivity contribution in [2.45, 2.75) is 43.5 Å². The Morgan fingerprint density at radius 1 is 1.35 bits per heavy atom. The number of nitrogens with two attached hydrogens (primary N) is 1. The maximum atomic E-state index is 13.4. The van der Waals surface area contributed by atoms with Gasteiger partial charge in [-0.25, -0.2) is 12.8 Å². The molecule has 2 rings (SSSR count). The molecule has 1 aromatic carbocycles. The number of rotatable bonds is 5. The molecule has 0 heterocycles. The van der Waals surface area contributed by atoms with Crippen LogP contribution in [0.25, 0.3) is 0 Å². The number of halogens is 1. The maximum Gasteiger partial charge on any atom is 0.243 e. The topological polar surface area (TPSA) is 63.4 Å². The highest BCUT2D eigenvalue weighted by atomic mass is 32.2. The van der Waals surface area contributed by atoms with Crippen LogP contribution in [0, 0.1) is 12.7 Å². The zero-order valence-electron chi connectivity index (χ0n) is 11.7. The third-order valence-corrected chi connectivity index (χ3v) is 5.91. The summed E-state index contributed by atoms with van der Waals surface area (Å²) in [4.78, 5) is 0.0536. The van der Waals surface area contributed by atoms with E-state index in [1.807, 2.05) is 0 Å². The summed E-state index contributed by atoms with van der Waals surface area (Å²) >= 11 is 0. The van der Waals surface area contributed by atoms with Crippen LogP contribution in [-0.4, -0.2) is 31.9 Å². The van der Waals surface area contributed by atoms with E-state index >= 15 is 0 Å². The van der Waals surface area contributed by atoms with Crippen LogP contribution >= 0.6 is 0 Å². The first-order valence-corrected chi connectivity index (χ1v) is 8.39. The van der Waals surface area contributed by atoms with Crippen LogP contribution in [-0.2, 0) is 10.0 Å². The fraction of sp³-hybridized carbons (Fsp3) is 0.571. The standard InChI is InChI=1S/C14H21FN2O2S/c1-11-6-7-12(15)10-14(11)20(18,19)17(9-8-16)13-4-2-3-5-13/h6-7,10,13H,2-5,8-9,16H2,1H3. The van der Waals surface area contributed by atoms with E-state index in [9.17, 15) is 12.8 Å². The Balaban J connectivity index is 2.41. The van der Waals surface area contributed by atoms with Crippen molar-refractivity contribution in [2.75, 3.05) is 13.1 Å². The highest BCUT2D eigenvalue weighted by Crippen LogP contribution is 2.29. The summed E-state index contributed by atoms with van der Waals surface area (Å²) in [5, 5.41) is 0. The second kappa shape index (κ2) is 6.20. The molecule has 1 fully saturated rings. The number of sulfonamides is 1. The molecule has 1 aliphatic carbocycles. The molecule has 0 bridgehead atoms. The van der Waals surface area contributed by atoms with Gasteiger partial charge in [0.15, 0.2) is 0 Å². The van der Waals surface area contributed by atoms with Crippen molar-refractivity contribution >= 4 is 10.0 Å². The van der Waals surface area contributed by atoms with Gasteiger partial charge in [-0.3, -0.25) is 0 Å². The SMILES string of the molecule is Cc1ccc(F)cc1S(=O)(=O)N(CCN)C1CCCC1. The Kier molecular flexibility index (Phi) is 4.78. The van der Waals surface area contributed by atoms with Gasteiger partial charge in [-0.05, 0) is 37.5 Å². The van der Waals surface area contributed by atoms with Gasteiger partial charge in [0.2, 0.25) is 10.0 Å². The van der Waals surface area contributed by atoms with Crippen molar-refractivity contribution in [1.82, 2.24) is 4.31 Å². The first kappa shape index (κ1) is 15.4. The van der Waals surface area contributed by atoms with Crippen molar-refractivity contribution in [3.05, 3.63) is 29.6 Å². The van der Waals surface area contributed by atoms with Crippen LogP contribution in [0.2, 0.25) is 0 Å². The molecule has 0 amide bonds. The van der Waals surface area contributed by atoms with Crippen LogP contribution in [0.3, 0.4) is 0 Å². The smallest absolute Gasteiger partial charge is 0.243 e. The van der Waals surface area contributed by atoms with Gasteiger partial charge in [0.1, 0.15) is 5.82 Å². The molecule has 1 aliphatic rings. The van der Waals surface area contributed by atoms with Crippen molar-refractivity contribution in [3.63, 3.8) is 0 Å². The largest absolute Gasteiger partial charge is 0.329 e. The maximum absolute atomic E-state index is 13.4. The van der Waals surface area contributed by atoms with E-state index in [0.29, 0.717) is 5.56 Å². The van der Waals surface area contributed by atoms with Crippen LogP contribution in [0.1, 0.15) is 31.2 Å². The minimum atomic E-state index is -3.69. The van der Waals surface area contributed by atoms with Gasteiger partial charge in [-0.2, -0.15) is 4.31 Å². The molecule has 1 aromatic rings. The Morgan fingerprint density at radius 3 is 2.60 bits per heavy atom. The summed E-state index contributed by atoms with van der Waals surface area (Å²) in [6.45, 7) is 2.23. The minimum Gasteiger partial charge on any atom is -0.329 e. The van der Waals surface area contributed by atoms with E-state index < -0.39 is 15.8 Å². The first-order chi connectivity index (χ1) is 9.46. The predicted molar refractivity (Wildman–Crippen MR) is 76.3 cm³/mol. The lowest BCUT2D eigenvalue weighted by molar-refractivity contribution is 0.328. The van der Waals surface area contributed by atoms with Crippen molar-refractivity contribution < 1.29 is 12.8 Å². The molecule has 0 aromatic heterocycles. The third kappa shape index (κ3) is 3.02. The number of hydrogen-bond donors (Lipinski definition) is 1. The molecule has 0 spiro atoms. The fourth-order valence-electron chi connectivity index (χ4n) is 2.80. The molecule has 0 unspecified atom stereocenters. The molecule has 0 radical (unpaired) electrons. The van der Waals surface area contributed by atoms with Crippen molar-refractivity contribution in [2.24, 2.45) is 5.73 Å². The number of aryl methyl sites for hydroxylation is 1. The zero-order valence-corrected chi connectivity index (χ0v) is 12.5. The zero-order chi connectivity index (χ0) is 14.8. The molecule has 20 heavy (non-hydrogen) atoms. The first-order valence-electron chi connectivity index (χ1n) is 6.95. The Morgan fingerprint density at radius 2 is 2.00 bits per heavy atom. The predicted octanol–water partition coefficient (Wildman–Crippen LogP) is 2.03. The molecule has 1 saturated carbocycles. The lowest BCUT2D eigenvalue weighted by atomic mass is 10.2. The van der Waals surface area contributed by atoms with Crippen molar-refractivity contribution in [1.29, 1.82) is 0 Å². The average molecular weight is 300 g/mol. The van der Waals surface area contributed by atoms with E-state index in [-0.39, 0.29) is 24.0 Å². The summed E-state index contributed by atoms with van der Waals surface area (Å²) in [5.74, 6) is -0.534. The van der Waals surface area contributed by atoms with E-state index in [2.05, 4.69) is 0 Å². The second-order valence-electron chi connectivity index (χ2n) is 5.25. The molecule has 0 saturated heterocycles. The van der Waals surface area contributed by atoms with E-state index in [0.717, 1.165) is 31.7 Å². The summed E-state index contributed by atoms with van der Waals surface area (Å²) in [6.07, 6.45) is 3.77. The molecule has 112 valence electrons. The highest BCUT2D eigenvalue weighted by Gasteiger charge is 2.33. The minimum absolute atomic E-state index is 0.00813. The van der Waals surface area contributed by atoms with Crippen LogP contribution in [0.5, 0.6) is 0 Å². The summed E-state index contributed by atoms with van der Waals surface area (Å²) in [7, 11) is -3.69. The summed E-state index contributed by atoms with van der Waals surface area (Å²) in [6, 6.07) is 3.86. The third-order valence-electron chi connectivity index (χ3n) is 3.82. The fourth-order valence-corrected chi connectivity index (χ4v) is 4.73. The van der Waals surface area contributed by atoms with Crippen LogP contribution < -0.4 is 5.73 Å². The monoisotopic (exact) mass is 300 g/mol. The van der Waals surface area contributed by atoms with Crippen molar-refractivity contribution in [3.8, 4) is 0 Å². The van der Waals surface area contributed by atoms with Gasteiger partial charge in [0, 0.05) is 19.1 Å². The van der Waals surface area contributed by atoms with Crippen LogP contribution in [0.15, 0.2) is 23.1 Å². The van der Waals surface area contributed by atoms with E-state index in [4.69, 9.17) is 5.73 Å². The van der Waals surface area contributed by atoms with Crippen LogP contribution in [0.4, 0.5) is 4.39 Å². The summed E-state index contributed by atoms with van der Waals surface area (Å²) in [5.41, 5.74) is 6.12. The molecule has 4 nitrogen and oxygen atoms in total. The Hall–Kier alpha value is -0.980. The van der Waals surface area contributed by atoms with E-state index in [1.165, 1.54) is 16.4 Å². The molecule has 6 heteroatoms. The number of benzene rings is 1. The average Bonchev–Trinajstić information content (AvgIpc) is 2.92. The molecule has 0 aliphatic heterocycles. The normalized spacial score (nSPS) is 17.0. The van der Waals surface area contributed by atoms with Gasteiger partial charge in [0.05, 0.1) is 4.90 Å². The molecular weight excluding hydrogens is 279 g/mol. The van der Waals surface area contributed by atoms with Gasteiger partial charge in [0.25, 0.3) is 0 Å². The second-order valence-corrected chi connectivity index (χ2v) is 7.11. The quantitative estimate of drug-likeness (QED) is 0.905. The van der Waals surface area contributed by atoms with Gasteiger partial charge < -0.3 is 5.73 Å². The molecule has 0 atom stereocenters. The van der Waals surface area contributed by atoms with Gasteiger partial charge in [-0.1, -0.05) is 18.9 Å². The lowest BCUT2D eigenvalue weighted by Gasteiger charge is -2.28. The summed E-state index contributed by atoms with van der Waals surface area (Å²) < 4.78 is 40.4.